The third-order valence-corrected chi connectivity index (χ3v) is 8.98. The molecule has 1 unspecified atom stereocenters. The second kappa shape index (κ2) is 10.8. The fraction of sp³-hybridized carbons (Fsp3) is 0.217. The number of primary amides is 1. The van der Waals surface area contributed by atoms with Gasteiger partial charge in [-0.05, 0) is 43.8 Å². The molecule has 1 saturated carbocycles. The number of sulfonamides is 1. The monoisotopic (exact) mass is 641 g/mol. The zero-order valence-corrected chi connectivity index (χ0v) is 24.3. The number of non-ortho nitro benzene ring substituents is 1. The molecule has 1 aliphatic carbocycles. The van der Waals surface area contributed by atoms with Crippen molar-refractivity contribution in [2.45, 2.75) is 22.6 Å². The average molecular weight is 643 g/mol. The number of aromatic nitrogens is 2. The Balaban J connectivity index is 1.78. The topological polar surface area (TPSA) is 201 Å². The Morgan fingerprint density at radius 2 is 1.90 bits per heavy atom. The van der Waals surface area contributed by atoms with Crippen molar-refractivity contribution >= 4 is 79.6 Å². The molecule has 0 aliphatic heterocycles. The van der Waals surface area contributed by atoms with Crippen LogP contribution in [0.4, 0.5) is 17.2 Å². The van der Waals surface area contributed by atoms with Gasteiger partial charge in [0, 0.05) is 12.1 Å². The third kappa shape index (κ3) is 5.76. The number of benzene rings is 2. The number of methoxy groups -OCH3 is 1. The number of alkyl halides is 2. The lowest BCUT2D eigenvalue weighted by atomic mass is 10.1. The van der Waals surface area contributed by atoms with Crippen LogP contribution in [0.2, 0.25) is 0 Å². The van der Waals surface area contributed by atoms with E-state index < -0.39 is 47.1 Å². The number of anilines is 2. The van der Waals surface area contributed by atoms with E-state index in [0.29, 0.717) is 0 Å². The summed E-state index contributed by atoms with van der Waals surface area (Å²) in [5.74, 6) is -1.62. The number of ether oxygens (including phenoxy) is 1. The van der Waals surface area contributed by atoms with Crippen molar-refractivity contribution in [3.8, 4) is 11.4 Å². The number of carbonyl (C=O) groups excluding carboxylic acids is 2. The number of carbonyl (C=O) groups is 2. The van der Waals surface area contributed by atoms with E-state index in [1.54, 1.807) is 12.1 Å². The lowest BCUT2D eigenvalue weighted by molar-refractivity contribution is -0.385. The molecule has 14 nitrogen and oxygen atoms in total. The molecule has 0 radical (unpaired) electrons. The Hall–Kier alpha value is -3.99. The van der Waals surface area contributed by atoms with E-state index in [-0.39, 0.29) is 40.0 Å². The Bertz CT molecular complexity index is 1710. The molecule has 216 valence electrons. The van der Waals surface area contributed by atoms with Gasteiger partial charge < -0.3 is 21.1 Å². The fourth-order valence-corrected chi connectivity index (χ4v) is 5.96. The van der Waals surface area contributed by atoms with Crippen molar-refractivity contribution in [1.82, 2.24) is 15.1 Å². The van der Waals surface area contributed by atoms with Gasteiger partial charge in [-0.2, -0.15) is 5.10 Å². The first-order chi connectivity index (χ1) is 19.1. The molecule has 41 heavy (non-hydrogen) atoms. The van der Waals surface area contributed by atoms with Crippen LogP contribution in [0.5, 0.6) is 5.75 Å². The summed E-state index contributed by atoms with van der Waals surface area (Å²) in [7, 11) is -3.21. The number of hydrogen-bond donors (Lipinski definition) is 4. The standard InChI is InChI=1S/C23H21Cl2N7O7S2/c1-22(11-23(22,24)25)20(34)29-21(40)28-19-13(18(26)33)10-27-31(19)15-8-7-12(32(35)36)9-17(15)41(37,38)30-14-5-3-4-6-16(14)39-2/h3-10,30H,11H2,1-2H3,(H2,26,33)(H2,28,29,34,40). The molecule has 4 rings (SSSR count). The summed E-state index contributed by atoms with van der Waals surface area (Å²) >= 11 is 17.3. The number of halogens is 2. The summed E-state index contributed by atoms with van der Waals surface area (Å²) in [5, 5.41) is 20.3. The number of nitrogens with one attached hydrogen (secondary N) is 3. The van der Waals surface area contributed by atoms with Crippen LogP contribution in [0.15, 0.2) is 53.6 Å². The van der Waals surface area contributed by atoms with Crippen molar-refractivity contribution in [1.29, 1.82) is 0 Å². The highest BCUT2D eigenvalue weighted by Crippen LogP contribution is 2.63. The molecular formula is C23H21Cl2N7O7S2. The minimum atomic E-state index is -4.55. The Morgan fingerprint density at radius 3 is 2.49 bits per heavy atom. The molecule has 0 bridgehead atoms. The smallest absolute Gasteiger partial charge is 0.270 e. The highest BCUT2D eigenvalue weighted by Gasteiger charge is 2.68. The maximum absolute atomic E-state index is 13.6. The molecule has 0 saturated heterocycles. The second-order valence-corrected chi connectivity index (χ2v) is 12.6. The maximum atomic E-state index is 13.6. The molecule has 2 amide bonds. The van der Waals surface area contributed by atoms with Crippen LogP contribution in [0, 0.1) is 15.5 Å². The lowest BCUT2D eigenvalue weighted by Crippen LogP contribution is -2.40. The number of nitro groups is 1. The molecule has 1 aliphatic rings. The molecule has 1 heterocycles. The fourth-order valence-electron chi connectivity index (χ4n) is 3.79. The average Bonchev–Trinajstić information content (AvgIpc) is 3.20. The molecule has 5 N–H and O–H groups in total. The summed E-state index contributed by atoms with van der Waals surface area (Å²) in [4.78, 5) is 35.0. The van der Waals surface area contributed by atoms with Gasteiger partial charge in [0.05, 0.1) is 35.0 Å². The largest absolute Gasteiger partial charge is 0.495 e. The van der Waals surface area contributed by atoms with Gasteiger partial charge >= 0.3 is 0 Å². The van der Waals surface area contributed by atoms with Crippen LogP contribution in [0.3, 0.4) is 0 Å². The number of amides is 2. The molecule has 3 aromatic rings. The highest BCUT2D eigenvalue weighted by molar-refractivity contribution is 7.92. The van der Waals surface area contributed by atoms with Gasteiger partial charge in [-0.3, -0.25) is 24.4 Å². The summed E-state index contributed by atoms with van der Waals surface area (Å²) in [6.07, 6.45) is 1.20. The minimum Gasteiger partial charge on any atom is -0.495 e. The third-order valence-electron chi connectivity index (χ3n) is 6.28. The number of rotatable bonds is 9. The van der Waals surface area contributed by atoms with E-state index in [1.165, 1.54) is 26.2 Å². The van der Waals surface area contributed by atoms with E-state index in [9.17, 15) is 28.1 Å². The van der Waals surface area contributed by atoms with Crippen molar-refractivity contribution in [3.05, 3.63) is 64.3 Å². The first-order valence-electron chi connectivity index (χ1n) is 11.4. The minimum absolute atomic E-state index is 0.0521. The van der Waals surface area contributed by atoms with Gasteiger partial charge in [0.15, 0.2) is 5.11 Å². The van der Waals surface area contributed by atoms with E-state index in [0.717, 1.165) is 29.1 Å². The Labute approximate surface area is 248 Å². The van der Waals surface area contributed by atoms with Crippen LogP contribution in [-0.4, -0.2) is 51.5 Å². The Morgan fingerprint density at radius 1 is 1.24 bits per heavy atom. The number of nitro benzene ring substituents is 1. The van der Waals surface area contributed by atoms with E-state index in [4.69, 9.17) is 45.9 Å². The van der Waals surface area contributed by atoms with Crippen LogP contribution in [0.1, 0.15) is 23.7 Å². The highest BCUT2D eigenvalue weighted by atomic mass is 35.5. The SMILES string of the molecule is COc1ccccc1NS(=O)(=O)c1cc([N+](=O)[O-])ccc1-n1ncc(C(N)=O)c1NC(=S)NC(=O)C1(C)CC1(Cl)Cl. The van der Waals surface area contributed by atoms with E-state index in [2.05, 4.69) is 20.5 Å². The summed E-state index contributed by atoms with van der Waals surface area (Å²) in [6, 6.07) is 9.08. The van der Waals surface area contributed by atoms with Crippen molar-refractivity contribution in [2.24, 2.45) is 11.1 Å². The number of hydrogen-bond acceptors (Lipinski definition) is 9. The van der Waals surface area contributed by atoms with Crippen LogP contribution >= 0.6 is 35.4 Å². The normalized spacial score (nSPS) is 17.3. The number of nitrogens with zero attached hydrogens (tertiary/aromatic N) is 3. The van der Waals surface area contributed by atoms with Crippen LogP contribution in [-0.2, 0) is 14.8 Å². The van der Waals surface area contributed by atoms with Crippen molar-refractivity contribution in [3.63, 3.8) is 0 Å². The van der Waals surface area contributed by atoms with Gasteiger partial charge in [0.2, 0.25) is 5.91 Å². The lowest BCUT2D eigenvalue weighted by Gasteiger charge is -2.18. The number of para-hydroxylation sites is 2. The zero-order valence-electron chi connectivity index (χ0n) is 21.2. The summed E-state index contributed by atoms with van der Waals surface area (Å²) in [6.45, 7) is 1.53. The molecule has 2 aromatic carbocycles. The quantitative estimate of drug-likeness (QED) is 0.116. The van der Waals surface area contributed by atoms with Crippen LogP contribution < -0.4 is 25.8 Å². The summed E-state index contributed by atoms with van der Waals surface area (Å²) in [5.41, 5.74) is 3.41. The summed E-state index contributed by atoms with van der Waals surface area (Å²) < 4.78 is 34.4. The first kappa shape index (κ1) is 30.0. The van der Waals surface area contributed by atoms with Crippen LogP contribution in [0.25, 0.3) is 5.69 Å². The molecule has 1 atom stereocenters. The first-order valence-corrected chi connectivity index (χ1v) is 14.1. The van der Waals surface area contributed by atoms with Crippen molar-refractivity contribution in [2.75, 3.05) is 17.1 Å². The number of nitrogens with two attached hydrogens (primary N) is 1. The maximum Gasteiger partial charge on any atom is 0.270 e. The molecule has 18 heteroatoms. The number of thiocarbonyl (C=S) groups is 1. The van der Waals surface area contributed by atoms with Gasteiger partial charge in [-0.1, -0.05) is 12.1 Å². The predicted molar refractivity (Wildman–Crippen MR) is 154 cm³/mol. The Kier molecular flexibility index (Phi) is 7.88. The second-order valence-electron chi connectivity index (χ2n) is 9.02. The van der Waals surface area contributed by atoms with E-state index in [1.807, 2.05) is 0 Å². The zero-order chi connectivity index (χ0) is 30.3. The van der Waals surface area contributed by atoms with Gasteiger partial charge in [-0.25, -0.2) is 13.1 Å². The van der Waals surface area contributed by atoms with Gasteiger partial charge in [0.25, 0.3) is 21.6 Å². The van der Waals surface area contributed by atoms with Gasteiger partial charge in [0.1, 0.15) is 26.4 Å². The molecule has 1 aromatic heterocycles. The predicted octanol–water partition coefficient (Wildman–Crippen LogP) is 3.09. The van der Waals surface area contributed by atoms with Crippen molar-refractivity contribution < 1.29 is 27.7 Å². The molecular weight excluding hydrogens is 621 g/mol. The van der Waals surface area contributed by atoms with E-state index >= 15 is 0 Å². The van der Waals surface area contributed by atoms with Gasteiger partial charge in [-0.15, -0.1) is 23.2 Å². The molecule has 0 spiro atoms. The molecule has 1 fully saturated rings.